The fourth-order valence-corrected chi connectivity index (χ4v) is 3.23. The highest BCUT2D eigenvalue weighted by molar-refractivity contribution is 7.14. The van der Waals surface area contributed by atoms with Gasteiger partial charge < -0.3 is 16.2 Å². The van der Waals surface area contributed by atoms with Crippen LogP contribution in [0, 0.1) is 0 Å². The molecule has 2 amide bonds. The summed E-state index contributed by atoms with van der Waals surface area (Å²) in [5.74, 6) is -0.733. The maximum atomic E-state index is 12.0. The van der Waals surface area contributed by atoms with Crippen LogP contribution in [0.15, 0.2) is 11.4 Å². The van der Waals surface area contributed by atoms with Crippen molar-refractivity contribution in [3.63, 3.8) is 0 Å². The number of hydrogen-bond acceptors (Lipinski definition) is 5. The lowest BCUT2D eigenvalue weighted by Crippen LogP contribution is -2.45. The first kappa shape index (κ1) is 15.0. The SMILES string of the molecule is NC(=O)c1ccsc1NC(=O)CN1CCCCC1CO. The van der Waals surface area contributed by atoms with Gasteiger partial charge in [-0.25, -0.2) is 0 Å². The molecule has 7 heteroatoms. The predicted molar refractivity (Wildman–Crippen MR) is 77.8 cm³/mol. The average Bonchev–Trinajstić information content (AvgIpc) is 2.87. The van der Waals surface area contributed by atoms with Gasteiger partial charge in [0.2, 0.25) is 5.91 Å². The maximum Gasteiger partial charge on any atom is 0.251 e. The van der Waals surface area contributed by atoms with Crippen molar-refractivity contribution in [1.82, 2.24) is 4.90 Å². The molecule has 1 saturated heterocycles. The molecule has 2 heterocycles. The molecular formula is C13H19N3O3S. The minimum atomic E-state index is -0.548. The Hall–Kier alpha value is -1.44. The van der Waals surface area contributed by atoms with Gasteiger partial charge in [-0.1, -0.05) is 6.42 Å². The lowest BCUT2D eigenvalue weighted by atomic mass is 10.0. The lowest BCUT2D eigenvalue weighted by Gasteiger charge is -2.33. The summed E-state index contributed by atoms with van der Waals surface area (Å²) in [6.45, 7) is 1.10. The van der Waals surface area contributed by atoms with Crippen molar-refractivity contribution < 1.29 is 14.7 Å². The minimum Gasteiger partial charge on any atom is -0.395 e. The summed E-state index contributed by atoms with van der Waals surface area (Å²) in [5.41, 5.74) is 5.57. The van der Waals surface area contributed by atoms with Gasteiger partial charge in [-0.2, -0.15) is 0 Å². The third-order valence-corrected chi connectivity index (χ3v) is 4.32. The Labute approximate surface area is 121 Å². The van der Waals surface area contributed by atoms with Gasteiger partial charge in [-0.15, -0.1) is 11.3 Å². The summed E-state index contributed by atoms with van der Waals surface area (Å²) in [6.07, 6.45) is 3.03. The van der Waals surface area contributed by atoms with Crippen LogP contribution < -0.4 is 11.1 Å². The number of aliphatic hydroxyl groups is 1. The zero-order valence-corrected chi connectivity index (χ0v) is 12.0. The van der Waals surface area contributed by atoms with E-state index in [-0.39, 0.29) is 25.1 Å². The molecule has 1 aromatic heterocycles. The molecule has 1 aliphatic heterocycles. The molecule has 0 aromatic carbocycles. The van der Waals surface area contributed by atoms with E-state index in [1.807, 2.05) is 4.90 Å². The summed E-state index contributed by atoms with van der Waals surface area (Å²) >= 11 is 1.27. The summed E-state index contributed by atoms with van der Waals surface area (Å²) < 4.78 is 0. The van der Waals surface area contributed by atoms with Crippen molar-refractivity contribution in [3.8, 4) is 0 Å². The maximum absolute atomic E-state index is 12.0. The molecule has 0 radical (unpaired) electrons. The normalized spacial score (nSPS) is 19.8. The van der Waals surface area contributed by atoms with Gasteiger partial charge in [0.1, 0.15) is 5.00 Å². The molecule has 1 unspecified atom stereocenters. The third-order valence-electron chi connectivity index (χ3n) is 3.49. The molecule has 4 N–H and O–H groups in total. The van der Waals surface area contributed by atoms with E-state index >= 15 is 0 Å². The molecular weight excluding hydrogens is 278 g/mol. The van der Waals surface area contributed by atoms with E-state index in [1.165, 1.54) is 11.3 Å². The predicted octanol–water partition coefficient (Wildman–Crippen LogP) is 0.632. The van der Waals surface area contributed by atoms with E-state index in [4.69, 9.17) is 5.73 Å². The number of piperidine rings is 1. The summed E-state index contributed by atoms with van der Waals surface area (Å²) in [4.78, 5) is 25.2. The third kappa shape index (κ3) is 3.56. The number of likely N-dealkylation sites (tertiary alicyclic amines) is 1. The molecule has 1 aromatic rings. The van der Waals surface area contributed by atoms with Gasteiger partial charge in [0.15, 0.2) is 0 Å². The van der Waals surface area contributed by atoms with E-state index in [0.717, 1.165) is 25.8 Å². The van der Waals surface area contributed by atoms with Gasteiger partial charge in [-0.3, -0.25) is 14.5 Å². The van der Waals surface area contributed by atoms with E-state index in [2.05, 4.69) is 5.32 Å². The monoisotopic (exact) mass is 297 g/mol. The number of amides is 2. The van der Waals surface area contributed by atoms with Crippen LogP contribution in [-0.2, 0) is 4.79 Å². The van der Waals surface area contributed by atoms with Gasteiger partial charge in [0, 0.05) is 6.04 Å². The Morgan fingerprint density at radius 3 is 3.00 bits per heavy atom. The number of nitrogens with two attached hydrogens (primary N) is 1. The van der Waals surface area contributed by atoms with Crippen LogP contribution >= 0.6 is 11.3 Å². The average molecular weight is 297 g/mol. The van der Waals surface area contributed by atoms with E-state index < -0.39 is 5.91 Å². The number of thiophene rings is 1. The zero-order chi connectivity index (χ0) is 14.5. The van der Waals surface area contributed by atoms with Gasteiger partial charge in [-0.05, 0) is 30.8 Å². The van der Waals surface area contributed by atoms with Crippen molar-refractivity contribution in [1.29, 1.82) is 0 Å². The summed E-state index contributed by atoms with van der Waals surface area (Å²) in [5, 5.41) is 14.2. The number of carbonyl (C=O) groups excluding carboxylic acids is 2. The van der Waals surface area contributed by atoms with Gasteiger partial charge >= 0.3 is 0 Å². The van der Waals surface area contributed by atoms with E-state index in [0.29, 0.717) is 10.6 Å². The first-order chi connectivity index (χ1) is 9.61. The molecule has 0 aliphatic carbocycles. The number of nitrogens with one attached hydrogen (secondary N) is 1. The smallest absolute Gasteiger partial charge is 0.251 e. The first-order valence-corrected chi connectivity index (χ1v) is 7.52. The second kappa shape index (κ2) is 6.83. The number of nitrogens with zero attached hydrogens (tertiary/aromatic N) is 1. The van der Waals surface area contributed by atoms with Gasteiger partial charge in [0.25, 0.3) is 5.91 Å². The van der Waals surface area contributed by atoms with Crippen molar-refractivity contribution in [2.75, 3.05) is 25.0 Å². The molecule has 0 spiro atoms. The molecule has 2 rings (SSSR count). The largest absolute Gasteiger partial charge is 0.395 e. The molecule has 6 nitrogen and oxygen atoms in total. The van der Waals surface area contributed by atoms with Crippen molar-refractivity contribution in [2.24, 2.45) is 5.73 Å². The highest BCUT2D eigenvalue weighted by Crippen LogP contribution is 2.23. The van der Waals surface area contributed by atoms with Crippen molar-refractivity contribution in [3.05, 3.63) is 17.0 Å². The van der Waals surface area contributed by atoms with Crippen molar-refractivity contribution in [2.45, 2.75) is 25.3 Å². The van der Waals surface area contributed by atoms with Crippen LogP contribution in [0.5, 0.6) is 0 Å². The van der Waals surface area contributed by atoms with Crippen LogP contribution in [0.3, 0.4) is 0 Å². The van der Waals surface area contributed by atoms with Crippen LogP contribution in [0.4, 0.5) is 5.00 Å². The molecule has 0 saturated carbocycles. The standard InChI is InChI=1S/C13H19N3O3S/c14-12(19)10-4-6-20-13(10)15-11(18)7-16-5-2-1-3-9(16)8-17/h4,6,9,17H,1-3,5,7-8H2,(H2,14,19)(H,15,18). The van der Waals surface area contributed by atoms with Crippen molar-refractivity contribution >= 4 is 28.2 Å². The van der Waals surface area contributed by atoms with Gasteiger partial charge in [0.05, 0.1) is 18.7 Å². The Morgan fingerprint density at radius 2 is 2.30 bits per heavy atom. The molecule has 20 heavy (non-hydrogen) atoms. The first-order valence-electron chi connectivity index (χ1n) is 6.64. The van der Waals surface area contributed by atoms with Crippen LogP contribution in [0.2, 0.25) is 0 Å². The number of anilines is 1. The Bertz CT molecular complexity index is 489. The molecule has 1 atom stereocenters. The fraction of sp³-hybridized carbons (Fsp3) is 0.538. The topological polar surface area (TPSA) is 95.7 Å². The number of primary amides is 1. The number of aliphatic hydroxyl groups excluding tert-OH is 1. The molecule has 0 bridgehead atoms. The Balaban J connectivity index is 1.94. The molecule has 110 valence electrons. The highest BCUT2D eigenvalue weighted by Gasteiger charge is 2.24. The Kier molecular flexibility index (Phi) is 5.11. The quantitative estimate of drug-likeness (QED) is 0.743. The van der Waals surface area contributed by atoms with Crippen LogP contribution in [0.1, 0.15) is 29.6 Å². The second-order valence-electron chi connectivity index (χ2n) is 4.88. The number of carbonyl (C=O) groups is 2. The fourth-order valence-electron chi connectivity index (χ4n) is 2.43. The number of rotatable bonds is 5. The van der Waals surface area contributed by atoms with Crippen LogP contribution in [-0.4, -0.2) is 47.6 Å². The minimum absolute atomic E-state index is 0.0495. The zero-order valence-electron chi connectivity index (χ0n) is 11.2. The van der Waals surface area contributed by atoms with E-state index in [9.17, 15) is 14.7 Å². The van der Waals surface area contributed by atoms with Crippen LogP contribution in [0.25, 0.3) is 0 Å². The molecule has 1 fully saturated rings. The lowest BCUT2D eigenvalue weighted by molar-refractivity contribution is -0.118. The molecule has 1 aliphatic rings. The second-order valence-corrected chi connectivity index (χ2v) is 5.79. The van der Waals surface area contributed by atoms with E-state index in [1.54, 1.807) is 11.4 Å². The summed E-state index contributed by atoms with van der Waals surface area (Å²) in [6, 6.07) is 1.65. The Morgan fingerprint density at radius 1 is 1.50 bits per heavy atom. The number of hydrogen-bond donors (Lipinski definition) is 3. The summed E-state index contributed by atoms with van der Waals surface area (Å²) in [7, 11) is 0. The highest BCUT2D eigenvalue weighted by atomic mass is 32.1.